The van der Waals surface area contributed by atoms with Crippen molar-refractivity contribution in [3.8, 4) is 5.75 Å². The lowest BCUT2D eigenvalue weighted by Gasteiger charge is -2.14. The number of halogens is 4. The first-order valence-corrected chi connectivity index (χ1v) is 6.01. The van der Waals surface area contributed by atoms with Crippen molar-refractivity contribution in [2.24, 2.45) is 0 Å². The van der Waals surface area contributed by atoms with Crippen molar-refractivity contribution in [2.75, 3.05) is 20.3 Å². The van der Waals surface area contributed by atoms with Crippen LogP contribution in [0.1, 0.15) is 18.5 Å². The zero-order valence-electron chi connectivity index (χ0n) is 10.6. The Morgan fingerprint density at radius 2 is 2.00 bits per heavy atom. The number of hydrogen-bond acceptors (Lipinski definition) is 3. The van der Waals surface area contributed by atoms with Gasteiger partial charge in [0.2, 0.25) is 0 Å². The molecule has 1 rings (SSSR count). The standard InChI is InChI=1S/C12H15ClF3NO2/c1-8(17-2)9-3-4-11(10(13)7-9)18-5-6-19-12(14,15)16/h3-4,7-8,17H,5-6H2,1-2H3. The second-order valence-corrected chi connectivity index (χ2v) is 4.25. The Labute approximate surface area is 114 Å². The molecule has 0 aliphatic heterocycles. The Kier molecular flexibility index (Phi) is 5.90. The second kappa shape index (κ2) is 6.98. The van der Waals surface area contributed by atoms with E-state index in [1.165, 1.54) is 0 Å². The number of hydrogen-bond donors (Lipinski definition) is 1. The molecular weight excluding hydrogens is 283 g/mol. The third-order valence-corrected chi connectivity index (χ3v) is 2.79. The maximum atomic E-state index is 11.7. The molecule has 7 heteroatoms. The van der Waals surface area contributed by atoms with Gasteiger partial charge in [0.05, 0.1) is 11.6 Å². The molecule has 0 aliphatic carbocycles. The number of rotatable bonds is 6. The Morgan fingerprint density at radius 1 is 1.32 bits per heavy atom. The van der Waals surface area contributed by atoms with E-state index in [-0.39, 0.29) is 12.6 Å². The van der Waals surface area contributed by atoms with Gasteiger partial charge in [-0.15, -0.1) is 13.2 Å². The lowest BCUT2D eigenvalue weighted by Crippen LogP contribution is -2.18. The largest absolute Gasteiger partial charge is 0.522 e. The van der Waals surface area contributed by atoms with Gasteiger partial charge in [-0.25, -0.2) is 0 Å². The van der Waals surface area contributed by atoms with E-state index in [0.29, 0.717) is 10.8 Å². The molecule has 0 saturated heterocycles. The molecule has 0 amide bonds. The molecule has 0 spiro atoms. The predicted octanol–water partition coefficient (Wildman–Crippen LogP) is 3.54. The van der Waals surface area contributed by atoms with Gasteiger partial charge in [-0.1, -0.05) is 17.7 Å². The van der Waals surface area contributed by atoms with E-state index < -0.39 is 13.0 Å². The van der Waals surface area contributed by atoms with Crippen LogP contribution in [0.5, 0.6) is 5.75 Å². The maximum absolute atomic E-state index is 11.7. The van der Waals surface area contributed by atoms with Crippen molar-refractivity contribution in [3.63, 3.8) is 0 Å². The summed E-state index contributed by atoms with van der Waals surface area (Å²) >= 11 is 5.98. The minimum absolute atomic E-state index is 0.125. The molecule has 19 heavy (non-hydrogen) atoms. The fourth-order valence-electron chi connectivity index (χ4n) is 1.38. The van der Waals surface area contributed by atoms with Crippen LogP contribution in [0.2, 0.25) is 5.02 Å². The Morgan fingerprint density at radius 3 is 2.53 bits per heavy atom. The fraction of sp³-hybridized carbons (Fsp3) is 0.500. The van der Waals surface area contributed by atoms with Crippen LogP contribution >= 0.6 is 11.6 Å². The monoisotopic (exact) mass is 297 g/mol. The lowest BCUT2D eigenvalue weighted by molar-refractivity contribution is -0.325. The first-order valence-electron chi connectivity index (χ1n) is 5.63. The summed E-state index contributed by atoms with van der Waals surface area (Å²) in [5.74, 6) is 0.333. The Hall–Kier alpha value is -0.980. The third kappa shape index (κ3) is 5.67. The first kappa shape index (κ1) is 16.1. The number of nitrogens with one attached hydrogen (secondary N) is 1. The van der Waals surface area contributed by atoms with E-state index in [4.69, 9.17) is 16.3 Å². The van der Waals surface area contributed by atoms with E-state index in [1.807, 2.05) is 14.0 Å². The molecule has 0 heterocycles. The van der Waals surface area contributed by atoms with Crippen molar-refractivity contribution in [1.29, 1.82) is 0 Å². The van der Waals surface area contributed by atoms with E-state index in [1.54, 1.807) is 18.2 Å². The van der Waals surface area contributed by atoms with Crippen LogP contribution < -0.4 is 10.1 Å². The summed E-state index contributed by atoms with van der Waals surface area (Å²) in [4.78, 5) is 0. The van der Waals surface area contributed by atoms with E-state index in [0.717, 1.165) is 5.56 Å². The topological polar surface area (TPSA) is 30.5 Å². The van der Waals surface area contributed by atoms with Gasteiger partial charge in [-0.2, -0.15) is 0 Å². The van der Waals surface area contributed by atoms with E-state index in [9.17, 15) is 13.2 Å². The van der Waals surface area contributed by atoms with Crippen LogP contribution in [0.25, 0.3) is 0 Å². The molecule has 0 radical (unpaired) electrons. The van der Waals surface area contributed by atoms with E-state index in [2.05, 4.69) is 10.1 Å². The van der Waals surface area contributed by atoms with Gasteiger partial charge in [-0.05, 0) is 31.7 Å². The highest BCUT2D eigenvalue weighted by Gasteiger charge is 2.28. The van der Waals surface area contributed by atoms with Crippen molar-refractivity contribution >= 4 is 11.6 Å². The molecule has 1 N–H and O–H groups in total. The molecule has 0 bridgehead atoms. The predicted molar refractivity (Wildman–Crippen MR) is 66.4 cm³/mol. The SMILES string of the molecule is CNC(C)c1ccc(OCCOC(F)(F)F)c(Cl)c1. The zero-order chi connectivity index (χ0) is 14.5. The molecule has 0 fully saturated rings. The minimum atomic E-state index is -4.64. The van der Waals surface area contributed by atoms with Crippen LogP contribution in [0.4, 0.5) is 13.2 Å². The average Bonchev–Trinajstić information content (AvgIpc) is 2.33. The number of ether oxygens (including phenoxy) is 2. The van der Waals surface area contributed by atoms with Gasteiger partial charge in [-0.3, -0.25) is 4.74 Å². The zero-order valence-corrected chi connectivity index (χ0v) is 11.3. The smallest absolute Gasteiger partial charge is 0.490 e. The summed E-state index contributed by atoms with van der Waals surface area (Å²) in [5.41, 5.74) is 0.964. The Bertz CT molecular complexity index is 412. The second-order valence-electron chi connectivity index (χ2n) is 3.84. The van der Waals surface area contributed by atoms with Crippen LogP contribution in [0, 0.1) is 0 Å². The molecule has 108 valence electrons. The molecule has 1 aromatic carbocycles. The Balaban J connectivity index is 2.51. The molecule has 3 nitrogen and oxygen atoms in total. The van der Waals surface area contributed by atoms with Crippen LogP contribution in [-0.2, 0) is 4.74 Å². The maximum Gasteiger partial charge on any atom is 0.522 e. The van der Waals surface area contributed by atoms with Gasteiger partial charge in [0, 0.05) is 6.04 Å². The van der Waals surface area contributed by atoms with Gasteiger partial charge in [0.1, 0.15) is 12.4 Å². The first-order chi connectivity index (χ1) is 8.83. The van der Waals surface area contributed by atoms with Crippen molar-refractivity contribution in [1.82, 2.24) is 5.32 Å². The third-order valence-electron chi connectivity index (χ3n) is 2.50. The quantitative estimate of drug-likeness (QED) is 0.815. The molecule has 1 atom stereocenters. The number of alkyl halides is 3. The van der Waals surface area contributed by atoms with E-state index >= 15 is 0 Å². The highest BCUT2D eigenvalue weighted by molar-refractivity contribution is 6.32. The lowest BCUT2D eigenvalue weighted by atomic mass is 10.1. The van der Waals surface area contributed by atoms with Crippen LogP contribution in [-0.4, -0.2) is 26.6 Å². The summed E-state index contributed by atoms with van der Waals surface area (Å²) in [6, 6.07) is 5.26. The molecule has 1 unspecified atom stereocenters. The van der Waals surface area contributed by atoms with Crippen LogP contribution in [0.15, 0.2) is 18.2 Å². The molecule has 0 saturated carbocycles. The van der Waals surface area contributed by atoms with Crippen molar-refractivity contribution in [2.45, 2.75) is 19.3 Å². The summed E-state index contributed by atoms with van der Waals surface area (Å²) in [6.45, 7) is 1.16. The summed E-state index contributed by atoms with van der Waals surface area (Å²) in [5, 5.41) is 3.41. The fourth-order valence-corrected chi connectivity index (χ4v) is 1.62. The molecule has 1 aromatic rings. The molecular formula is C12H15ClF3NO2. The van der Waals surface area contributed by atoms with Crippen molar-refractivity contribution < 1.29 is 22.6 Å². The van der Waals surface area contributed by atoms with Gasteiger partial charge in [0.15, 0.2) is 0 Å². The highest BCUT2D eigenvalue weighted by atomic mass is 35.5. The highest BCUT2D eigenvalue weighted by Crippen LogP contribution is 2.28. The van der Waals surface area contributed by atoms with Gasteiger partial charge >= 0.3 is 6.36 Å². The average molecular weight is 298 g/mol. The molecule has 0 aromatic heterocycles. The molecule has 0 aliphatic rings. The van der Waals surface area contributed by atoms with Crippen molar-refractivity contribution in [3.05, 3.63) is 28.8 Å². The minimum Gasteiger partial charge on any atom is -0.490 e. The van der Waals surface area contributed by atoms with Gasteiger partial charge in [0.25, 0.3) is 0 Å². The summed E-state index contributed by atoms with van der Waals surface area (Å²) < 4.78 is 43.9. The number of benzene rings is 1. The van der Waals surface area contributed by atoms with Crippen LogP contribution in [0.3, 0.4) is 0 Å². The normalized spacial score (nSPS) is 13.4. The van der Waals surface area contributed by atoms with Gasteiger partial charge < -0.3 is 10.1 Å². The summed E-state index contributed by atoms with van der Waals surface area (Å²) in [6.07, 6.45) is -4.64. The summed E-state index contributed by atoms with van der Waals surface area (Å²) in [7, 11) is 1.82.